The van der Waals surface area contributed by atoms with Crippen LogP contribution in [-0.4, -0.2) is 39.3 Å². The standard InChI is InChI=1S/C15H16N6O.C10H20O.C6H6/c1-10-13(11-8-17-20(2)9-11)19-21(14(10)18-15(16)22)12-6-4-3-5-7-12;1-9-4-5-10(2,8-9)6-7-11-3;1-2-4-6-5-3-1/h3-9H,1-2H3,(H3,16,18,22);9H,4-8H2,1-3H3;1-6H/t;9-,10?;/m.0./s1. The van der Waals surface area contributed by atoms with Crippen molar-refractivity contribution in [3.63, 3.8) is 0 Å². The zero-order valence-corrected chi connectivity index (χ0v) is 23.8. The molecule has 0 radical (unpaired) electrons. The summed E-state index contributed by atoms with van der Waals surface area (Å²) in [6.45, 7) is 7.58. The second-order valence-corrected chi connectivity index (χ2v) is 10.5. The Morgan fingerprint density at radius 2 is 1.74 bits per heavy atom. The number of benzene rings is 2. The number of nitrogens with one attached hydrogen (secondary N) is 1. The second kappa shape index (κ2) is 14.3. The molecule has 1 aliphatic carbocycles. The summed E-state index contributed by atoms with van der Waals surface area (Å²) in [7, 11) is 3.64. The van der Waals surface area contributed by atoms with Gasteiger partial charge in [-0.1, -0.05) is 74.9 Å². The second-order valence-electron chi connectivity index (χ2n) is 10.5. The fraction of sp³-hybridized carbons (Fsp3) is 0.387. The average Bonchev–Trinajstić information content (AvgIpc) is 3.62. The van der Waals surface area contributed by atoms with Crippen molar-refractivity contribution in [1.29, 1.82) is 0 Å². The van der Waals surface area contributed by atoms with E-state index in [1.165, 1.54) is 25.7 Å². The molecule has 1 fully saturated rings. The van der Waals surface area contributed by atoms with E-state index in [2.05, 4.69) is 29.4 Å². The van der Waals surface area contributed by atoms with Gasteiger partial charge >= 0.3 is 6.03 Å². The Balaban J connectivity index is 0.000000204. The molecule has 8 heteroatoms. The van der Waals surface area contributed by atoms with Crippen molar-refractivity contribution in [2.75, 3.05) is 19.0 Å². The molecular weight excluding hydrogens is 488 g/mol. The summed E-state index contributed by atoms with van der Waals surface area (Å²) in [5, 5.41) is 11.4. The van der Waals surface area contributed by atoms with Crippen LogP contribution < -0.4 is 11.1 Å². The molecule has 0 bridgehead atoms. The lowest BCUT2D eigenvalue weighted by Crippen LogP contribution is -2.21. The van der Waals surface area contributed by atoms with Crippen molar-refractivity contribution in [2.24, 2.45) is 24.1 Å². The number of anilines is 1. The molecule has 2 aromatic heterocycles. The van der Waals surface area contributed by atoms with E-state index < -0.39 is 6.03 Å². The summed E-state index contributed by atoms with van der Waals surface area (Å²) in [4.78, 5) is 11.3. The Morgan fingerprint density at radius 1 is 1.13 bits per heavy atom. The number of hydrogen-bond donors (Lipinski definition) is 2. The first kappa shape index (κ1) is 29.6. The number of methoxy groups -OCH3 is 1. The number of primary amides is 1. The van der Waals surface area contributed by atoms with Crippen LogP contribution in [0.5, 0.6) is 0 Å². The first-order valence-electron chi connectivity index (χ1n) is 13.4. The minimum Gasteiger partial charge on any atom is -0.385 e. The highest BCUT2D eigenvalue weighted by molar-refractivity contribution is 5.89. The van der Waals surface area contributed by atoms with Crippen molar-refractivity contribution < 1.29 is 9.53 Å². The molecule has 1 saturated carbocycles. The summed E-state index contributed by atoms with van der Waals surface area (Å²) in [6.07, 6.45) is 9.07. The number of nitrogens with two attached hydrogens (primary N) is 1. The lowest BCUT2D eigenvalue weighted by atomic mass is 9.85. The Kier molecular flexibility index (Phi) is 10.9. The highest BCUT2D eigenvalue weighted by Gasteiger charge is 2.32. The van der Waals surface area contributed by atoms with Gasteiger partial charge in [-0.2, -0.15) is 10.2 Å². The zero-order chi connectivity index (χ0) is 28.3. The van der Waals surface area contributed by atoms with Gasteiger partial charge in [-0.25, -0.2) is 9.48 Å². The summed E-state index contributed by atoms with van der Waals surface area (Å²) in [5.74, 6) is 1.49. The van der Waals surface area contributed by atoms with E-state index in [1.54, 1.807) is 22.7 Å². The molecular formula is C31H42N6O2. The molecule has 0 saturated heterocycles. The first-order valence-corrected chi connectivity index (χ1v) is 13.4. The number of para-hydroxylation sites is 1. The Labute approximate surface area is 232 Å². The summed E-state index contributed by atoms with van der Waals surface area (Å²) in [5.41, 5.74) is 9.17. The highest BCUT2D eigenvalue weighted by atomic mass is 16.5. The van der Waals surface area contributed by atoms with E-state index in [0.717, 1.165) is 35.0 Å². The van der Waals surface area contributed by atoms with Crippen LogP contribution in [0.2, 0.25) is 0 Å². The summed E-state index contributed by atoms with van der Waals surface area (Å²) in [6, 6.07) is 20.9. The lowest BCUT2D eigenvalue weighted by Gasteiger charge is -2.22. The molecule has 0 aliphatic heterocycles. The third-order valence-corrected chi connectivity index (χ3v) is 7.00. The summed E-state index contributed by atoms with van der Waals surface area (Å²) < 4.78 is 8.48. The molecule has 1 aliphatic rings. The van der Waals surface area contributed by atoms with Crippen molar-refractivity contribution in [3.8, 4) is 16.9 Å². The van der Waals surface area contributed by atoms with E-state index in [4.69, 9.17) is 10.5 Å². The third-order valence-electron chi connectivity index (χ3n) is 7.00. The number of aryl methyl sites for hydroxylation is 1. The Hall–Kier alpha value is -3.91. The van der Waals surface area contributed by atoms with Gasteiger partial charge in [0.15, 0.2) is 0 Å². The largest absolute Gasteiger partial charge is 0.385 e. The van der Waals surface area contributed by atoms with E-state index in [9.17, 15) is 4.79 Å². The van der Waals surface area contributed by atoms with Crippen LogP contribution in [0.4, 0.5) is 10.6 Å². The lowest BCUT2D eigenvalue weighted by molar-refractivity contribution is 0.145. The number of hydrogen-bond acceptors (Lipinski definition) is 4. The summed E-state index contributed by atoms with van der Waals surface area (Å²) >= 11 is 0. The van der Waals surface area contributed by atoms with E-state index in [-0.39, 0.29) is 0 Å². The number of rotatable bonds is 6. The van der Waals surface area contributed by atoms with Gasteiger partial charge in [-0.05, 0) is 49.7 Å². The van der Waals surface area contributed by atoms with Gasteiger partial charge in [0.2, 0.25) is 0 Å². The van der Waals surface area contributed by atoms with Crippen LogP contribution in [-0.2, 0) is 11.8 Å². The zero-order valence-electron chi connectivity index (χ0n) is 23.8. The minimum absolute atomic E-state index is 0.553. The van der Waals surface area contributed by atoms with Crippen LogP contribution in [0.25, 0.3) is 16.9 Å². The predicted molar refractivity (Wildman–Crippen MR) is 158 cm³/mol. The fourth-order valence-corrected chi connectivity index (χ4v) is 4.93. The molecule has 3 N–H and O–H groups in total. The molecule has 5 rings (SSSR count). The van der Waals surface area contributed by atoms with Crippen molar-refractivity contribution in [3.05, 3.63) is 84.7 Å². The number of aromatic nitrogens is 4. The number of urea groups is 1. The van der Waals surface area contributed by atoms with Crippen LogP contribution >= 0.6 is 0 Å². The van der Waals surface area contributed by atoms with E-state index >= 15 is 0 Å². The molecule has 39 heavy (non-hydrogen) atoms. The normalized spacial score (nSPS) is 17.9. The molecule has 2 aromatic carbocycles. The third kappa shape index (κ3) is 8.82. The number of ether oxygens (including phenoxy) is 1. The SMILES string of the molecule is COCCC1(C)CC[C@H](C)C1.Cc1c(-c2cnn(C)c2)nn(-c2ccccc2)c1NC(N)=O.c1ccccc1. The maximum atomic E-state index is 11.3. The van der Waals surface area contributed by atoms with Crippen molar-refractivity contribution in [1.82, 2.24) is 19.6 Å². The van der Waals surface area contributed by atoms with Crippen LogP contribution in [0.1, 0.15) is 45.1 Å². The maximum absolute atomic E-state index is 11.3. The number of carbonyl (C=O) groups is 1. The molecule has 0 spiro atoms. The van der Waals surface area contributed by atoms with Crippen molar-refractivity contribution >= 4 is 11.8 Å². The van der Waals surface area contributed by atoms with Gasteiger partial charge in [0.1, 0.15) is 11.5 Å². The molecule has 208 valence electrons. The molecule has 2 atom stereocenters. The number of nitrogens with zero attached hydrogens (tertiary/aromatic N) is 4. The van der Waals surface area contributed by atoms with Crippen LogP contribution in [0, 0.1) is 18.3 Å². The molecule has 4 aromatic rings. The average molecular weight is 531 g/mol. The van der Waals surface area contributed by atoms with Gasteiger partial charge in [0.25, 0.3) is 0 Å². The predicted octanol–water partition coefficient (Wildman–Crippen LogP) is 6.61. The van der Waals surface area contributed by atoms with Gasteiger partial charge in [0, 0.05) is 38.1 Å². The van der Waals surface area contributed by atoms with E-state index in [0.29, 0.717) is 11.2 Å². The van der Waals surface area contributed by atoms with Gasteiger partial charge in [-0.15, -0.1) is 0 Å². The van der Waals surface area contributed by atoms with Crippen LogP contribution in [0.3, 0.4) is 0 Å². The number of carbonyl (C=O) groups excluding carboxylic acids is 1. The smallest absolute Gasteiger partial charge is 0.317 e. The first-order chi connectivity index (χ1) is 18.7. The highest BCUT2D eigenvalue weighted by Crippen LogP contribution is 2.43. The topological polar surface area (TPSA) is 100.0 Å². The number of amides is 2. The van der Waals surface area contributed by atoms with E-state index in [1.807, 2.05) is 86.9 Å². The van der Waals surface area contributed by atoms with Gasteiger partial charge < -0.3 is 10.5 Å². The molecule has 1 unspecified atom stereocenters. The van der Waals surface area contributed by atoms with Gasteiger partial charge in [-0.3, -0.25) is 10.00 Å². The Bertz CT molecular complexity index is 1260. The fourth-order valence-electron chi connectivity index (χ4n) is 4.93. The van der Waals surface area contributed by atoms with Gasteiger partial charge in [0.05, 0.1) is 11.9 Å². The quantitative estimate of drug-likeness (QED) is 0.293. The minimum atomic E-state index is -0.627. The maximum Gasteiger partial charge on any atom is 0.317 e. The molecule has 2 heterocycles. The van der Waals surface area contributed by atoms with Crippen LogP contribution in [0.15, 0.2) is 79.1 Å². The van der Waals surface area contributed by atoms with Crippen molar-refractivity contribution in [2.45, 2.75) is 46.5 Å². The Morgan fingerprint density at radius 3 is 2.23 bits per heavy atom. The monoisotopic (exact) mass is 530 g/mol. The molecule has 8 nitrogen and oxygen atoms in total. The molecule has 2 amide bonds.